The molecule has 1 N–H and O–H groups in total. The zero-order valence-corrected chi connectivity index (χ0v) is 14.5. The van der Waals surface area contributed by atoms with Gasteiger partial charge in [-0.1, -0.05) is 6.08 Å². The summed E-state index contributed by atoms with van der Waals surface area (Å²) in [5.41, 5.74) is -0.859. The smallest absolute Gasteiger partial charge is 0.271 e. The van der Waals surface area contributed by atoms with Gasteiger partial charge in [0.2, 0.25) is 11.7 Å². The van der Waals surface area contributed by atoms with Crippen LogP contribution in [0.1, 0.15) is 21.5 Å². The summed E-state index contributed by atoms with van der Waals surface area (Å²) in [6, 6.07) is 8.42. The van der Waals surface area contributed by atoms with Crippen LogP contribution in [-0.4, -0.2) is 29.2 Å². The average Bonchev–Trinajstić information content (AvgIpc) is 2.64. The maximum absolute atomic E-state index is 12.6. The predicted octanol–water partition coefficient (Wildman–Crippen LogP) is 2.19. The molecule has 0 amide bonds. The van der Waals surface area contributed by atoms with Crippen LogP contribution in [0.15, 0.2) is 41.7 Å². The van der Waals surface area contributed by atoms with Crippen LogP contribution in [0.25, 0.3) is 0 Å². The van der Waals surface area contributed by atoms with E-state index in [1.54, 1.807) is 30.3 Å². The van der Waals surface area contributed by atoms with Crippen LogP contribution in [0.5, 0.6) is 17.4 Å². The number of allylic oxidation sites excluding steroid dienone is 1. The average molecular weight is 354 g/mol. The van der Waals surface area contributed by atoms with Crippen molar-refractivity contribution in [2.24, 2.45) is 0 Å². The lowest BCUT2D eigenvalue weighted by molar-refractivity contribution is 0.0916. The van der Waals surface area contributed by atoms with Gasteiger partial charge in [0.15, 0.2) is 6.61 Å². The molecule has 1 aromatic carbocycles. The van der Waals surface area contributed by atoms with Crippen molar-refractivity contribution in [3.8, 4) is 23.4 Å². The van der Waals surface area contributed by atoms with Gasteiger partial charge in [-0.05, 0) is 36.8 Å². The van der Waals surface area contributed by atoms with Gasteiger partial charge in [0, 0.05) is 6.54 Å². The second-order valence-corrected chi connectivity index (χ2v) is 5.40. The molecule has 0 radical (unpaired) electrons. The number of rotatable bonds is 7. The molecule has 0 fully saturated rings. The molecule has 7 nitrogen and oxygen atoms in total. The number of pyridine rings is 1. The number of nitrogens with zero attached hydrogens (tertiary/aromatic N) is 2. The molecule has 1 heterocycles. The fourth-order valence-electron chi connectivity index (χ4n) is 2.48. The first-order valence-electron chi connectivity index (χ1n) is 7.72. The molecule has 0 aliphatic carbocycles. The van der Waals surface area contributed by atoms with E-state index in [1.165, 1.54) is 20.1 Å². The second-order valence-electron chi connectivity index (χ2n) is 5.40. The maximum Gasteiger partial charge on any atom is 0.271 e. The van der Waals surface area contributed by atoms with Crippen molar-refractivity contribution in [1.29, 1.82) is 5.26 Å². The highest BCUT2D eigenvalue weighted by atomic mass is 16.5. The van der Waals surface area contributed by atoms with E-state index in [0.29, 0.717) is 11.5 Å². The number of methoxy groups -OCH3 is 1. The molecule has 0 atom stereocenters. The lowest BCUT2D eigenvalue weighted by Crippen LogP contribution is -2.27. The molecule has 0 aliphatic rings. The fourth-order valence-corrected chi connectivity index (χ4v) is 2.48. The number of hydrogen-bond acceptors (Lipinski definition) is 6. The SMILES string of the molecule is C=CCn1c(O)c(C(=O)COc2ccc(OC)cc2)c(C)c(C#N)c1=O. The molecular weight excluding hydrogens is 336 g/mol. The summed E-state index contributed by atoms with van der Waals surface area (Å²) in [5, 5.41) is 19.6. The Labute approximate surface area is 150 Å². The van der Waals surface area contributed by atoms with E-state index in [0.717, 1.165) is 4.57 Å². The normalized spacial score (nSPS) is 10.0. The summed E-state index contributed by atoms with van der Waals surface area (Å²) in [6.07, 6.45) is 1.39. The van der Waals surface area contributed by atoms with E-state index < -0.39 is 17.2 Å². The number of nitriles is 1. The first kappa shape index (κ1) is 18.8. The molecular formula is C19H18N2O5. The van der Waals surface area contributed by atoms with Gasteiger partial charge in [-0.3, -0.25) is 14.2 Å². The van der Waals surface area contributed by atoms with E-state index in [2.05, 4.69) is 6.58 Å². The van der Waals surface area contributed by atoms with Crippen LogP contribution in [0.2, 0.25) is 0 Å². The topological polar surface area (TPSA) is 102 Å². The van der Waals surface area contributed by atoms with Crippen LogP contribution in [0.4, 0.5) is 0 Å². The monoisotopic (exact) mass is 354 g/mol. The third-order valence-electron chi connectivity index (χ3n) is 3.82. The van der Waals surface area contributed by atoms with Crippen LogP contribution in [0, 0.1) is 18.3 Å². The summed E-state index contributed by atoms with van der Waals surface area (Å²) in [7, 11) is 1.54. The minimum Gasteiger partial charge on any atom is -0.497 e. The standard InChI is InChI=1S/C19H18N2O5/c1-4-9-21-18(23)15(10-20)12(2)17(19(21)24)16(22)11-26-14-7-5-13(25-3)6-8-14/h4-8,24H,1,9,11H2,2-3H3. The maximum atomic E-state index is 12.6. The largest absolute Gasteiger partial charge is 0.497 e. The molecule has 0 spiro atoms. The number of carbonyl (C=O) groups excluding carboxylic acids is 1. The summed E-state index contributed by atoms with van der Waals surface area (Å²) < 4.78 is 11.4. The Kier molecular flexibility index (Phi) is 5.81. The quantitative estimate of drug-likeness (QED) is 0.604. The molecule has 0 aliphatic heterocycles. The van der Waals surface area contributed by atoms with Gasteiger partial charge in [0.25, 0.3) is 5.56 Å². The summed E-state index contributed by atoms with van der Waals surface area (Å²) in [4.78, 5) is 24.8. The molecule has 0 saturated carbocycles. The number of ether oxygens (including phenoxy) is 2. The minimum absolute atomic E-state index is 0.0285. The van der Waals surface area contributed by atoms with E-state index in [-0.39, 0.29) is 29.8 Å². The van der Waals surface area contributed by atoms with Crippen molar-refractivity contribution in [1.82, 2.24) is 4.57 Å². The van der Waals surface area contributed by atoms with Crippen molar-refractivity contribution < 1.29 is 19.4 Å². The van der Waals surface area contributed by atoms with Crippen molar-refractivity contribution >= 4 is 5.78 Å². The van der Waals surface area contributed by atoms with Crippen LogP contribution < -0.4 is 15.0 Å². The highest BCUT2D eigenvalue weighted by Crippen LogP contribution is 2.23. The van der Waals surface area contributed by atoms with Gasteiger partial charge in [-0.25, -0.2) is 0 Å². The van der Waals surface area contributed by atoms with Crippen LogP contribution >= 0.6 is 0 Å². The Hall–Kier alpha value is -3.53. The molecule has 7 heteroatoms. The molecule has 1 aromatic heterocycles. The van der Waals surface area contributed by atoms with Crippen molar-refractivity contribution in [2.75, 3.05) is 13.7 Å². The number of benzene rings is 1. The number of carbonyl (C=O) groups is 1. The summed E-state index contributed by atoms with van der Waals surface area (Å²) in [6.45, 7) is 4.56. The third-order valence-corrected chi connectivity index (χ3v) is 3.82. The minimum atomic E-state index is -0.671. The molecule has 2 aromatic rings. The Bertz CT molecular complexity index is 936. The third kappa shape index (κ3) is 3.59. The van der Waals surface area contributed by atoms with E-state index >= 15 is 0 Å². The predicted molar refractivity (Wildman–Crippen MR) is 94.8 cm³/mol. The Morgan fingerprint density at radius 3 is 2.50 bits per heavy atom. The van der Waals surface area contributed by atoms with Crippen LogP contribution in [-0.2, 0) is 6.54 Å². The second kappa shape index (κ2) is 8.03. The van der Waals surface area contributed by atoms with Crippen molar-refractivity contribution in [2.45, 2.75) is 13.5 Å². The van der Waals surface area contributed by atoms with Crippen molar-refractivity contribution in [3.63, 3.8) is 0 Å². The highest BCUT2D eigenvalue weighted by molar-refractivity contribution is 6.01. The first-order chi connectivity index (χ1) is 12.4. The summed E-state index contributed by atoms with van der Waals surface area (Å²) >= 11 is 0. The van der Waals surface area contributed by atoms with Gasteiger partial charge < -0.3 is 14.6 Å². The van der Waals surface area contributed by atoms with Gasteiger partial charge in [-0.15, -0.1) is 6.58 Å². The molecule has 0 unspecified atom stereocenters. The molecule has 0 saturated heterocycles. The lowest BCUT2D eigenvalue weighted by atomic mass is 10.0. The number of ketones is 1. The summed E-state index contributed by atoms with van der Waals surface area (Å²) in [5.74, 6) is 0.0309. The Balaban J connectivity index is 2.35. The van der Waals surface area contributed by atoms with Gasteiger partial charge in [-0.2, -0.15) is 5.26 Å². The highest BCUT2D eigenvalue weighted by Gasteiger charge is 2.23. The molecule has 0 bridgehead atoms. The van der Waals surface area contributed by atoms with E-state index in [1.807, 2.05) is 0 Å². The number of aromatic hydroxyl groups is 1. The lowest BCUT2D eigenvalue weighted by Gasteiger charge is -2.14. The van der Waals surface area contributed by atoms with E-state index in [9.17, 15) is 20.0 Å². The number of hydrogen-bond donors (Lipinski definition) is 1. The Morgan fingerprint density at radius 1 is 1.35 bits per heavy atom. The molecule has 26 heavy (non-hydrogen) atoms. The molecule has 134 valence electrons. The number of aromatic nitrogens is 1. The van der Waals surface area contributed by atoms with Gasteiger partial charge in [0.05, 0.1) is 12.7 Å². The molecule has 2 rings (SSSR count). The van der Waals surface area contributed by atoms with Gasteiger partial charge in [0.1, 0.15) is 23.1 Å². The van der Waals surface area contributed by atoms with Gasteiger partial charge >= 0.3 is 0 Å². The van der Waals surface area contributed by atoms with E-state index in [4.69, 9.17) is 9.47 Å². The zero-order chi connectivity index (χ0) is 19.3. The van der Waals surface area contributed by atoms with Crippen LogP contribution in [0.3, 0.4) is 0 Å². The fraction of sp³-hybridized carbons (Fsp3) is 0.211. The number of Topliss-reactive ketones (excluding diaryl/α,β-unsaturated/α-hetero) is 1. The van der Waals surface area contributed by atoms with Crippen molar-refractivity contribution in [3.05, 3.63) is 64.0 Å². The zero-order valence-electron chi connectivity index (χ0n) is 14.5. The first-order valence-corrected chi connectivity index (χ1v) is 7.72. The Morgan fingerprint density at radius 2 is 1.96 bits per heavy atom.